The number of carboxylic acid groups (broad SMARTS) is 1. The quantitative estimate of drug-likeness (QED) is 0.224. The van der Waals surface area contributed by atoms with Crippen LogP contribution in [0.15, 0.2) is 60.8 Å². The Morgan fingerprint density at radius 2 is 1.54 bits per heavy atom. The van der Waals surface area contributed by atoms with E-state index in [1.807, 2.05) is 42.5 Å². The molecule has 0 heterocycles. The van der Waals surface area contributed by atoms with Gasteiger partial charge in [-0.05, 0) is 25.7 Å². The molecule has 4 heteroatoms. The van der Waals surface area contributed by atoms with Gasteiger partial charge < -0.3 is 15.3 Å². The first kappa shape index (κ1) is 24.1. The maximum absolute atomic E-state index is 10.3. The molecule has 0 fully saturated rings. The monoisotopic (exact) mass is 362 g/mol. The van der Waals surface area contributed by atoms with E-state index in [4.69, 9.17) is 5.11 Å². The van der Waals surface area contributed by atoms with Crippen molar-refractivity contribution in [2.45, 2.75) is 70.5 Å². The van der Waals surface area contributed by atoms with E-state index in [9.17, 15) is 15.0 Å². The first-order valence-corrected chi connectivity index (χ1v) is 9.45. The van der Waals surface area contributed by atoms with Crippen molar-refractivity contribution in [1.82, 2.24) is 0 Å². The van der Waals surface area contributed by atoms with Crippen molar-refractivity contribution in [3.05, 3.63) is 60.8 Å². The van der Waals surface area contributed by atoms with Crippen LogP contribution >= 0.6 is 0 Å². The number of unbranched alkanes of at least 4 members (excludes halogenated alkanes) is 2. The Kier molecular flexibility index (Phi) is 16.6. The minimum Gasteiger partial charge on any atom is -0.481 e. The first-order valence-electron chi connectivity index (χ1n) is 9.45. The highest BCUT2D eigenvalue weighted by molar-refractivity contribution is 5.66. The van der Waals surface area contributed by atoms with Gasteiger partial charge in [-0.3, -0.25) is 4.79 Å². The van der Waals surface area contributed by atoms with Gasteiger partial charge in [0.15, 0.2) is 0 Å². The van der Waals surface area contributed by atoms with Crippen molar-refractivity contribution in [2.24, 2.45) is 0 Å². The summed E-state index contributed by atoms with van der Waals surface area (Å²) in [5, 5.41) is 28.0. The van der Waals surface area contributed by atoms with Gasteiger partial charge in [0.2, 0.25) is 0 Å². The lowest BCUT2D eigenvalue weighted by Crippen LogP contribution is -2.00. The number of aliphatic hydroxyl groups excluding tert-OH is 2. The van der Waals surface area contributed by atoms with Crippen molar-refractivity contribution in [2.75, 3.05) is 0 Å². The van der Waals surface area contributed by atoms with Gasteiger partial charge in [-0.15, -0.1) is 0 Å². The number of hydrogen-bond donors (Lipinski definition) is 3. The maximum atomic E-state index is 10.3. The summed E-state index contributed by atoms with van der Waals surface area (Å²) in [6.07, 6.45) is 23.6. The van der Waals surface area contributed by atoms with Gasteiger partial charge >= 0.3 is 5.97 Å². The maximum Gasteiger partial charge on any atom is 0.303 e. The van der Waals surface area contributed by atoms with E-state index in [2.05, 4.69) is 6.92 Å². The fourth-order valence-corrected chi connectivity index (χ4v) is 2.12. The third kappa shape index (κ3) is 18.4. The zero-order valence-electron chi connectivity index (χ0n) is 15.8. The van der Waals surface area contributed by atoms with Crippen LogP contribution in [0.5, 0.6) is 0 Å². The van der Waals surface area contributed by atoms with Crippen LogP contribution in [0.4, 0.5) is 0 Å². The minimum atomic E-state index is -0.784. The van der Waals surface area contributed by atoms with E-state index < -0.39 is 12.1 Å². The molecular weight excluding hydrogens is 328 g/mol. The van der Waals surface area contributed by atoms with Crippen LogP contribution in [0.3, 0.4) is 0 Å². The Hall–Kier alpha value is -1.91. The smallest absolute Gasteiger partial charge is 0.303 e. The fraction of sp³-hybridized carbons (Fsp3) is 0.500. The third-order valence-electron chi connectivity index (χ3n) is 3.61. The first-order chi connectivity index (χ1) is 12.6. The molecule has 26 heavy (non-hydrogen) atoms. The van der Waals surface area contributed by atoms with Gasteiger partial charge in [-0.2, -0.15) is 0 Å². The Morgan fingerprint density at radius 1 is 0.885 bits per heavy atom. The van der Waals surface area contributed by atoms with Gasteiger partial charge in [0.1, 0.15) is 0 Å². The summed E-state index contributed by atoms with van der Waals surface area (Å²) >= 11 is 0. The van der Waals surface area contributed by atoms with Crippen molar-refractivity contribution in [3.63, 3.8) is 0 Å². The average molecular weight is 363 g/mol. The van der Waals surface area contributed by atoms with Gasteiger partial charge in [0.25, 0.3) is 0 Å². The second kappa shape index (κ2) is 17.9. The van der Waals surface area contributed by atoms with E-state index in [1.165, 1.54) is 0 Å². The summed E-state index contributed by atoms with van der Waals surface area (Å²) in [5.74, 6) is -0.784. The Bertz CT molecular complexity index is 486. The average Bonchev–Trinajstić information content (AvgIpc) is 2.60. The topological polar surface area (TPSA) is 77.8 Å². The molecule has 2 unspecified atom stereocenters. The Morgan fingerprint density at radius 3 is 2.19 bits per heavy atom. The molecule has 146 valence electrons. The SMILES string of the molecule is CCCCCC(O)/C=C/C=C\C=C\C(O)C/C=C\C/C=C\CCC(=O)O. The van der Waals surface area contributed by atoms with Crippen LogP contribution in [0.2, 0.25) is 0 Å². The summed E-state index contributed by atoms with van der Waals surface area (Å²) in [5.41, 5.74) is 0. The van der Waals surface area contributed by atoms with Crippen LogP contribution in [0, 0.1) is 0 Å². The number of carboxylic acids is 1. The number of aliphatic hydroxyl groups is 2. The normalized spacial score (nSPS) is 15.2. The molecule has 0 spiro atoms. The molecule has 0 aromatic carbocycles. The van der Waals surface area contributed by atoms with Crippen LogP contribution in [-0.2, 0) is 4.79 Å². The van der Waals surface area contributed by atoms with E-state index in [1.54, 1.807) is 18.2 Å². The van der Waals surface area contributed by atoms with Gasteiger partial charge in [0.05, 0.1) is 12.2 Å². The van der Waals surface area contributed by atoms with E-state index >= 15 is 0 Å². The molecule has 0 aliphatic carbocycles. The van der Waals surface area contributed by atoms with Gasteiger partial charge in [0, 0.05) is 6.42 Å². The van der Waals surface area contributed by atoms with Gasteiger partial charge in [-0.1, -0.05) is 86.9 Å². The molecule has 0 amide bonds. The predicted molar refractivity (Wildman–Crippen MR) is 108 cm³/mol. The van der Waals surface area contributed by atoms with Crippen molar-refractivity contribution in [1.29, 1.82) is 0 Å². The summed E-state index contributed by atoms with van der Waals surface area (Å²) < 4.78 is 0. The summed E-state index contributed by atoms with van der Waals surface area (Å²) in [4.78, 5) is 10.3. The van der Waals surface area contributed by atoms with Crippen molar-refractivity contribution >= 4 is 5.97 Å². The molecule has 0 radical (unpaired) electrons. The van der Waals surface area contributed by atoms with Crippen molar-refractivity contribution in [3.8, 4) is 0 Å². The number of rotatable bonds is 15. The lowest BCUT2D eigenvalue weighted by Gasteiger charge is -2.02. The second-order valence-corrected chi connectivity index (χ2v) is 6.13. The molecule has 0 aromatic rings. The number of hydrogen-bond acceptors (Lipinski definition) is 3. The molecule has 2 atom stereocenters. The molecule has 0 aromatic heterocycles. The zero-order chi connectivity index (χ0) is 19.5. The highest BCUT2D eigenvalue weighted by atomic mass is 16.4. The number of carbonyl (C=O) groups is 1. The molecule has 0 rings (SSSR count). The second-order valence-electron chi connectivity index (χ2n) is 6.13. The van der Waals surface area contributed by atoms with E-state index in [0.29, 0.717) is 12.8 Å². The van der Waals surface area contributed by atoms with Crippen LogP contribution < -0.4 is 0 Å². The molecule has 0 saturated heterocycles. The summed E-state index contributed by atoms with van der Waals surface area (Å²) in [6.45, 7) is 2.14. The molecule has 0 aliphatic rings. The standard InChI is InChI=1S/C22H34O4/c1-2-3-10-15-20(23)17-12-8-9-13-18-21(24)16-11-6-4-5-7-14-19-22(25)26/h5-9,11-13,17-18,20-21,23-24H,2-4,10,14-16,19H2,1H3,(H,25,26)/b7-5-,9-8-,11-6-,17-12+,18-13+. The van der Waals surface area contributed by atoms with Crippen LogP contribution in [0.25, 0.3) is 0 Å². The van der Waals surface area contributed by atoms with Crippen LogP contribution in [0.1, 0.15) is 58.3 Å². The molecule has 0 aliphatic heterocycles. The molecule has 3 N–H and O–H groups in total. The summed E-state index contributed by atoms with van der Waals surface area (Å²) in [6, 6.07) is 0. The zero-order valence-corrected chi connectivity index (χ0v) is 15.8. The molecular formula is C22H34O4. The number of allylic oxidation sites excluding steroid dienone is 7. The largest absolute Gasteiger partial charge is 0.481 e. The van der Waals surface area contributed by atoms with Gasteiger partial charge in [-0.25, -0.2) is 0 Å². The summed E-state index contributed by atoms with van der Waals surface area (Å²) in [7, 11) is 0. The lowest BCUT2D eigenvalue weighted by molar-refractivity contribution is -0.136. The minimum absolute atomic E-state index is 0.157. The van der Waals surface area contributed by atoms with E-state index in [0.717, 1.165) is 32.1 Å². The third-order valence-corrected chi connectivity index (χ3v) is 3.61. The Labute approximate surface area is 157 Å². The number of aliphatic carboxylic acids is 1. The highest BCUT2D eigenvalue weighted by Crippen LogP contribution is 2.04. The Balaban J connectivity index is 3.82. The van der Waals surface area contributed by atoms with Crippen LogP contribution in [-0.4, -0.2) is 33.5 Å². The molecule has 0 bridgehead atoms. The fourth-order valence-electron chi connectivity index (χ4n) is 2.12. The lowest BCUT2D eigenvalue weighted by atomic mass is 10.1. The molecule has 4 nitrogen and oxygen atoms in total. The molecule has 0 saturated carbocycles. The van der Waals surface area contributed by atoms with Crippen molar-refractivity contribution < 1.29 is 20.1 Å². The van der Waals surface area contributed by atoms with E-state index in [-0.39, 0.29) is 12.5 Å². The highest BCUT2D eigenvalue weighted by Gasteiger charge is 1.96. The predicted octanol–water partition coefficient (Wildman–Crippen LogP) is 4.71.